The molecule has 1 fully saturated rings. The monoisotopic (exact) mass is 478 g/mol. The Labute approximate surface area is 204 Å². The maximum Gasteiger partial charge on any atom is 0.262 e. The third-order valence-corrected chi connectivity index (χ3v) is 6.24. The largest absolute Gasteiger partial charge is 0.497 e. The Kier molecular flexibility index (Phi) is 7.70. The normalized spacial score (nSPS) is 15.1. The van der Waals surface area contributed by atoms with Crippen LogP contribution in [0.15, 0.2) is 72.8 Å². The van der Waals surface area contributed by atoms with Crippen LogP contribution < -0.4 is 14.8 Å². The maximum atomic E-state index is 13.1. The van der Waals surface area contributed by atoms with Crippen LogP contribution in [-0.4, -0.2) is 43.0 Å². The van der Waals surface area contributed by atoms with Gasteiger partial charge >= 0.3 is 0 Å². The highest BCUT2D eigenvalue weighted by Gasteiger charge is 2.29. The molecule has 1 aliphatic rings. The van der Waals surface area contributed by atoms with E-state index in [0.717, 1.165) is 36.4 Å². The number of likely N-dealkylation sites (tertiary alicyclic amines) is 1. The predicted octanol–water partition coefficient (Wildman–Crippen LogP) is 5.21. The van der Waals surface area contributed by atoms with Crippen LogP contribution in [0.1, 0.15) is 28.8 Å². The number of anilines is 1. The summed E-state index contributed by atoms with van der Waals surface area (Å²) in [5.41, 5.74) is 2.29. The summed E-state index contributed by atoms with van der Waals surface area (Å²) in [5, 5.41) is 3.50. The number of carbonyl (C=O) groups excluding carboxylic acids is 2. The number of benzene rings is 3. The van der Waals surface area contributed by atoms with E-state index in [1.54, 1.807) is 55.6 Å². The van der Waals surface area contributed by atoms with Crippen molar-refractivity contribution >= 4 is 29.1 Å². The van der Waals surface area contributed by atoms with Crippen LogP contribution in [0.25, 0.3) is 0 Å². The Morgan fingerprint density at radius 3 is 2.59 bits per heavy atom. The molecule has 1 aliphatic heterocycles. The highest BCUT2D eigenvalue weighted by atomic mass is 35.5. The lowest BCUT2D eigenvalue weighted by molar-refractivity contribution is -0.118. The van der Waals surface area contributed by atoms with Crippen molar-refractivity contribution in [2.45, 2.75) is 25.3 Å². The molecule has 0 saturated carbocycles. The van der Waals surface area contributed by atoms with Crippen molar-refractivity contribution in [1.29, 1.82) is 0 Å². The predicted molar refractivity (Wildman–Crippen MR) is 133 cm³/mol. The third-order valence-electron chi connectivity index (χ3n) is 5.88. The van der Waals surface area contributed by atoms with E-state index in [0.29, 0.717) is 22.7 Å². The molecule has 1 unspecified atom stereocenters. The van der Waals surface area contributed by atoms with Gasteiger partial charge in [-0.05, 0) is 67.3 Å². The van der Waals surface area contributed by atoms with Crippen molar-refractivity contribution in [3.8, 4) is 11.5 Å². The first-order chi connectivity index (χ1) is 16.5. The maximum absolute atomic E-state index is 13.1. The third kappa shape index (κ3) is 5.88. The number of nitrogens with one attached hydrogen (secondary N) is 1. The molecule has 4 rings (SSSR count). The summed E-state index contributed by atoms with van der Waals surface area (Å²) in [4.78, 5) is 27.3. The number of ether oxygens (including phenoxy) is 2. The molecule has 0 radical (unpaired) electrons. The SMILES string of the molecule is COc1cccc(NC(=O)COc2ccc(C(=O)N3CCCC3Cc3ccccc3Cl)cc2)c1. The number of carbonyl (C=O) groups is 2. The molecule has 1 saturated heterocycles. The number of hydrogen-bond acceptors (Lipinski definition) is 4. The molecule has 6 nitrogen and oxygen atoms in total. The van der Waals surface area contributed by atoms with Crippen LogP contribution in [0.3, 0.4) is 0 Å². The van der Waals surface area contributed by atoms with E-state index >= 15 is 0 Å². The highest BCUT2D eigenvalue weighted by Crippen LogP contribution is 2.27. The van der Waals surface area contributed by atoms with Gasteiger partial charge in [-0.25, -0.2) is 0 Å². The number of hydrogen-bond donors (Lipinski definition) is 1. The van der Waals surface area contributed by atoms with Crippen molar-refractivity contribution < 1.29 is 19.1 Å². The summed E-state index contributed by atoms with van der Waals surface area (Å²) in [6.07, 6.45) is 2.68. The Balaban J connectivity index is 1.32. The first-order valence-corrected chi connectivity index (χ1v) is 11.6. The molecule has 3 aromatic carbocycles. The number of methoxy groups -OCH3 is 1. The molecule has 176 valence electrons. The molecule has 0 aromatic heterocycles. The average Bonchev–Trinajstić information content (AvgIpc) is 3.32. The number of amides is 2. The van der Waals surface area contributed by atoms with Gasteiger partial charge in [0.2, 0.25) is 0 Å². The van der Waals surface area contributed by atoms with Gasteiger partial charge in [0.15, 0.2) is 6.61 Å². The summed E-state index contributed by atoms with van der Waals surface area (Å²) in [5.74, 6) is 0.891. The minimum atomic E-state index is -0.284. The highest BCUT2D eigenvalue weighted by molar-refractivity contribution is 6.31. The first kappa shape index (κ1) is 23.6. The number of nitrogens with zero attached hydrogens (tertiary/aromatic N) is 1. The first-order valence-electron chi connectivity index (χ1n) is 11.2. The van der Waals surface area contributed by atoms with Crippen molar-refractivity contribution in [1.82, 2.24) is 4.90 Å². The van der Waals surface area contributed by atoms with E-state index in [1.807, 2.05) is 29.2 Å². The zero-order valence-corrected chi connectivity index (χ0v) is 19.8. The van der Waals surface area contributed by atoms with Crippen LogP contribution in [0.4, 0.5) is 5.69 Å². The standard InChI is InChI=1S/C27H27ClN2O4/c1-33-24-9-4-7-21(17-24)29-26(31)18-34-23-13-11-19(12-14-23)27(32)30-15-5-8-22(30)16-20-6-2-3-10-25(20)28/h2-4,6-7,9-14,17,22H,5,8,15-16,18H2,1H3,(H,29,31). The Morgan fingerprint density at radius 2 is 1.82 bits per heavy atom. The van der Waals surface area contributed by atoms with Crippen LogP contribution >= 0.6 is 11.6 Å². The lowest BCUT2D eigenvalue weighted by Gasteiger charge is -2.25. The molecule has 1 N–H and O–H groups in total. The molecular formula is C27H27ClN2O4. The summed E-state index contributed by atoms with van der Waals surface area (Å²) in [6, 6.07) is 21.9. The summed E-state index contributed by atoms with van der Waals surface area (Å²) in [7, 11) is 1.57. The summed E-state index contributed by atoms with van der Waals surface area (Å²) in [6.45, 7) is 0.590. The molecule has 7 heteroatoms. The van der Waals surface area contributed by atoms with E-state index in [-0.39, 0.29) is 24.5 Å². The van der Waals surface area contributed by atoms with Crippen molar-refractivity contribution in [2.75, 3.05) is 25.6 Å². The smallest absolute Gasteiger partial charge is 0.262 e. The van der Waals surface area contributed by atoms with Crippen LogP contribution in [0, 0.1) is 0 Å². The van der Waals surface area contributed by atoms with E-state index in [4.69, 9.17) is 21.1 Å². The Hall–Kier alpha value is -3.51. The lowest BCUT2D eigenvalue weighted by Crippen LogP contribution is -2.36. The quantitative estimate of drug-likeness (QED) is 0.482. The van der Waals surface area contributed by atoms with Gasteiger partial charge in [-0.2, -0.15) is 0 Å². The molecule has 2 amide bonds. The molecular weight excluding hydrogens is 452 g/mol. The van der Waals surface area contributed by atoms with Gasteiger partial charge in [0, 0.05) is 34.9 Å². The lowest BCUT2D eigenvalue weighted by atomic mass is 10.0. The fourth-order valence-corrected chi connectivity index (χ4v) is 4.35. The van der Waals surface area contributed by atoms with Crippen LogP contribution in [0.5, 0.6) is 11.5 Å². The van der Waals surface area contributed by atoms with Crippen LogP contribution in [0.2, 0.25) is 5.02 Å². The van der Waals surface area contributed by atoms with E-state index in [1.165, 1.54) is 0 Å². The van der Waals surface area contributed by atoms with Gasteiger partial charge < -0.3 is 19.7 Å². The van der Waals surface area contributed by atoms with Gasteiger partial charge in [-0.1, -0.05) is 35.9 Å². The minimum Gasteiger partial charge on any atom is -0.497 e. The van der Waals surface area contributed by atoms with Gasteiger partial charge in [-0.3, -0.25) is 9.59 Å². The Morgan fingerprint density at radius 1 is 1.03 bits per heavy atom. The molecule has 34 heavy (non-hydrogen) atoms. The average molecular weight is 479 g/mol. The Bertz CT molecular complexity index is 1150. The second-order valence-electron chi connectivity index (χ2n) is 8.18. The van der Waals surface area contributed by atoms with Gasteiger partial charge in [0.05, 0.1) is 7.11 Å². The van der Waals surface area contributed by atoms with Crippen LogP contribution in [-0.2, 0) is 11.2 Å². The number of halogens is 1. The summed E-state index contributed by atoms with van der Waals surface area (Å²) < 4.78 is 10.7. The summed E-state index contributed by atoms with van der Waals surface area (Å²) >= 11 is 6.32. The molecule has 3 aromatic rings. The second kappa shape index (κ2) is 11.1. The topological polar surface area (TPSA) is 67.9 Å². The zero-order valence-electron chi connectivity index (χ0n) is 19.0. The van der Waals surface area contributed by atoms with Gasteiger partial charge in [-0.15, -0.1) is 0 Å². The fourth-order valence-electron chi connectivity index (χ4n) is 4.14. The molecule has 0 spiro atoms. The van der Waals surface area contributed by atoms with E-state index < -0.39 is 0 Å². The zero-order chi connectivity index (χ0) is 23.9. The van der Waals surface area contributed by atoms with E-state index in [9.17, 15) is 9.59 Å². The van der Waals surface area contributed by atoms with Crippen molar-refractivity contribution in [2.24, 2.45) is 0 Å². The minimum absolute atomic E-state index is 0.00290. The van der Waals surface area contributed by atoms with E-state index in [2.05, 4.69) is 5.32 Å². The molecule has 0 aliphatic carbocycles. The van der Waals surface area contributed by atoms with Crippen molar-refractivity contribution in [3.05, 3.63) is 88.9 Å². The second-order valence-corrected chi connectivity index (χ2v) is 8.59. The number of rotatable bonds is 8. The van der Waals surface area contributed by atoms with Gasteiger partial charge in [0.25, 0.3) is 11.8 Å². The van der Waals surface area contributed by atoms with Crippen molar-refractivity contribution in [3.63, 3.8) is 0 Å². The van der Waals surface area contributed by atoms with Gasteiger partial charge in [0.1, 0.15) is 11.5 Å². The molecule has 1 atom stereocenters. The molecule has 1 heterocycles. The fraction of sp³-hybridized carbons (Fsp3) is 0.259. The molecule has 0 bridgehead atoms.